The smallest absolute Gasteiger partial charge is 0.416 e. The van der Waals surface area contributed by atoms with Crippen LogP contribution < -0.4 is 10.9 Å². The number of rotatable bonds is 12. The average molecular weight is 642 g/mol. The molecule has 0 fully saturated rings. The lowest BCUT2D eigenvalue weighted by Gasteiger charge is -2.26. The van der Waals surface area contributed by atoms with Gasteiger partial charge in [-0.05, 0) is 97.0 Å². The van der Waals surface area contributed by atoms with Crippen LogP contribution in [0, 0.1) is 19.8 Å². The molecule has 4 aromatic rings. The summed E-state index contributed by atoms with van der Waals surface area (Å²) in [5.41, 5.74) is 2.30. The number of carbonyl (C=O) groups is 2. The minimum Gasteiger partial charge on any atom is -0.481 e. The number of aliphatic carboxylic acids is 1. The summed E-state index contributed by atoms with van der Waals surface area (Å²) in [5, 5.41) is 20.6. The molecule has 1 amide bonds. The zero-order valence-electron chi connectivity index (χ0n) is 26.6. The number of hydrogen-bond acceptors (Lipinski definition) is 7. The molecule has 0 aliphatic heterocycles. The fraction of sp³-hybridized carbons (Fsp3) is 0.424. The van der Waals surface area contributed by atoms with Crippen LogP contribution in [0.3, 0.4) is 0 Å². The van der Waals surface area contributed by atoms with Gasteiger partial charge in [-0.1, -0.05) is 32.0 Å². The van der Waals surface area contributed by atoms with E-state index in [1.807, 2.05) is 45.9 Å². The molecule has 2 N–H and O–H groups in total. The second kappa shape index (κ2) is 13.9. The molecule has 2 aromatic heterocycles. The summed E-state index contributed by atoms with van der Waals surface area (Å²) in [4.78, 5) is 41.0. The SMILES string of the molecule is Cc1cccc(C)c1-c1cc(C(CC(=O)O)NC(=O)C(CC(C)C)n2cc(CCN(C)C)c(C(F)(F)F)cc2=O)c2nonc2c1. The number of aromatic nitrogens is 3. The lowest BCUT2D eigenvalue weighted by Crippen LogP contribution is -2.40. The predicted molar refractivity (Wildman–Crippen MR) is 166 cm³/mol. The fourth-order valence-electron chi connectivity index (χ4n) is 5.71. The van der Waals surface area contributed by atoms with Crippen molar-refractivity contribution >= 4 is 22.9 Å². The summed E-state index contributed by atoms with van der Waals surface area (Å²) in [7, 11) is 3.44. The largest absolute Gasteiger partial charge is 0.481 e. The van der Waals surface area contributed by atoms with Gasteiger partial charge in [0, 0.05) is 24.4 Å². The lowest BCUT2D eigenvalue weighted by molar-refractivity contribution is -0.139. The molecule has 4 rings (SSSR count). The van der Waals surface area contributed by atoms with Crippen LogP contribution in [0.1, 0.15) is 66.6 Å². The number of carbonyl (C=O) groups excluding carboxylic acids is 1. The van der Waals surface area contributed by atoms with Crippen LogP contribution in [0.4, 0.5) is 13.2 Å². The Morgan fingerprint density at radius 1 is 1.09 bits per heavy atom. The molecule has 46 heavy (non-hydrogen) atoms. The first-order valence-electron chi connectivity index (χ1n) is 14.9. The van der Waals surface area contributed by atoms with Gasteiger partial charge in [-0.3, -0.25) is 14.4 Å². The molecular formula is C33H38F3N5O5. The topological polar surface area (TPSA) is 131 Å². The Labute approximate surface area is 264 Å². The molecule has 0 saturated heterocycles. The van der Waals surface area contributed by atoms with Gasteiger partial charge in [0.15, 0.2) is 0 Å². The number of pyridine rings is 1. The molecule has 0 radical (unpaired) electrons. The zero-order chi connectivity index (χ0) is 33.9. The maximum atomic E-state index is 14.0. The number of carboxylic acids is 1. The molecule has 13 heteroatoms. The van der Waals surface area contributed by atoms with Gasteiger partial charge in [0.1, 0.15) is 17.1 Å². The summed E-state index contributed by atoms with van der Waals surface area (Å²) >= 11 is 0. The van der Waals surface area contributed by atoms with Gasteiger partial charge in [0.05, 0.1) is 18.0 Å². The molecule has 0 saturated carbocycles. The van der Waals surface area contributed by atoms with Crippen LogP contribution in [0.2, 0.25) is 0 Å². The summed E-state index contributed by atoms with van der Waals surface area (Å²) in [6, 6.07) is 7.46. The average Bonchev–Trinajstić information content (AvgIpc) is 3.42. The number of benzene rings is 2. The number of fused-ring (bicyclic) bond motifs is 1. The Kier molecular flexibility index (Phi) is 10.3. The fourth-order valence-corrected chi connectivity index (χ4v) is 5.71. The number of nitrogens with one attached hydrogen (secondary N) is 1. The third kappa shape index (κ3) is 7.82. The maximum absolute atomic E-state index is 14.0. The molecule has 2 heterocycles. The predicted octanol–water partition coefficient (Wildman–Crippen LogP) is 5.71. The van der Waals surface area contributed by atoms with E-state index in [1.165, 1.54) is 0 Å². The van der Waals surface area contributed by atoms with Crippen molar-refractivity contribution in [2.24, 2.45) is 5.92 Å². The van der Waals surface area contributed by atoms with E-state index in [0.717, 1.165) is 27.5 Å². The van der Waals surface area contributed by atoms with E-state index in [0.29, 0.717) is 22.7 Å². The normalized spacial score (nSPS) is 13.4. The van der Waals surface area contributed by atoms with E-state index in [2.05, 4.69) is 15.6 Å². The zero-order valence-corrected chi connectivity index (χ0v) is 26.6. The molecule has 2 unspecified atom stereocenters. The van der Waals surface area contributed by atoms with E-state index < -0.39 is 47.7 Å². The van der Waals surface area contributed by atoms with Crippen LogP contribution in [0.5, 0.6) is 0 Å². The van der Waals surface area contributed by atoms with Crippen molar-refractivity contribution in [1.29, 1.82) is 0 Å². The molecule has 0 aliphatic carbocycles. The number of hydrogen-bond donors (Lipinski definition) is 2. The van der Waals surface area contributed by atoms with Gasteiger partial charge < -0.3 is 19.9 Å². The summed E-state index contributed by atoms with van der Waals surface area (Å²) in [6.45, 7) is 7.79. The van der Waals surface area contributed by atoms with Crippen molar-refractivity contribution in [2.75, 3.05) is 20.6 Å². The Balaban J connectivity index is 1.82. The van der Waals surface area contributed by atoms with Crippen molar-refractivity contribution < 1.29 is 32.5 Å². The Bertz CT molecular complexity index is 1770. The van der Waals surface area contributed by atoms with Gasteiger partial charge in [0.2, 0.25) is 5.91 Å². The van der Waals surface area contributed by atoms with Crippen molar-refractivity contribution in [3.8, 4) is 11.1 Å². The summed E-state index contributed by atoms with van der Waals surface area (Å²) in [5.74, 6) is -2.08. The summed E-state index contributed by atoms with van der Waals surface area (Å²) < 4.78 is 47.8. The first kappa shape index (κ1) is 34.4. The maximum Gasteiger partial charge on any atom is 0.416 e. The first-order valence-corrected chi connectivity index (χ1v) is 14.9. The van der Waals surface area contributed by atoms with Crippen molar-refractivity contribution in [3.63, 3.8) is 0 Å². The number of aryl methyl sites for hydroxylation is 2. The number of halogens is 3. The van der Waals surface area contributed by atoms with Gasteiger partial charge in [-0.2, -0.15) is 13.2 Å². The number of likely N-dealkylation sites (N-methyl/N-ethyl adjacent to an activating group) is 1. The minimum atomic E-state index is -4.76. The molecule has 0 bridgehead atoms. The highest BCUT2D eigenvalue weighted by atomic mass is 19.4. The Morgan fingerprint density at radius 2 is 1.76 bits per heavy atom. The third-order valence-corrected chi connectivity index (χ3v) is 7.86. The van der Waals surface area contributed by atoms with Crippen molar-refractivity contribution in [2.45, 2.75) is 65.2 Å². The van der Waals surface area contributed by atoms with Gasteiger partial charge in [0.25, 0.3) is 5.56 Å². The highest BCUT2D eigenvalue weighted by Gasteiger charge is 2.36. The van der Waals surface area contributed by atoms with Gasteiger partial charge in [-0.25, -0.2) is 4.63 Å². The summed E-state index contributed by atoms with van der Waals surface area (Å²) in [6.07, 6.45) is -4.11. The molecule has 0 aliphatic rings. The van der Waals surface area contributed by atoms with Crippen LogP contribution in [-0.2, 0) is 22.2 Å². The minimum absolute atomic E-state index is 0.0119. The van der Waals surface area contributed by atoms with Gasteiger partial charge in [-0.15, -0.1) is 0 Å². The molecule has 2 aromatic carbocycles. The van der Waals surface area contributed by atoms with Crippen LogP contribution in [-0.4, -0.2) is 57.4 Å². The molecule has 10 nitrogen and oxygen atoms in total. The van der Waals surface area contributed by atoms with E-state index >= 15 is 0 Å². The van der Waals surface area contributed by atoms with E-state index in [1.54, 1.807) is 31.1 Å². The molecule has 0 spiro atoms. The van der Waals surface area contributed by atoms with Crippen molar-refractivity contribution in [3.05, 3.63) is 80.8 Å². The molecule has 246 valence electrons. The monoisotopic (exact) mass is 641 g/mol. The van der Waals surface area contributed by atoms with E-state index in [-0.39, 0.29) is 36.4 Å². The van der Waals surface area contributed by atoms with Gasteiger partial charge >= 0.3 is 12.1 Å². The third-order valence-electron chi connectivity index (χ3n) is 7.86. The standard InChI is InChI=1S/C33H38F3N5O5/c1-18(2)12-27(41-17-21(10-11-40(5)6)24(15-28(41)42)33(34,35)36)32(45)37-25(16-29(43)44)23-13-22(14-26-31(23)39-46-38-26)30-19(3)8-7-9-20(30)4/h7-9,13-15,17-18,25,27H,10-12,16H2,1-6H3,(H,37,45)(H,43,44). The highest BCUT2D eigenvalue weighted by Crippen LogP contribution is 2.35. The lowest BCUT2D eigenvalue weighted by atomic mass is 9.91. The molecular weight excluding hydrogens is 603 g/mol. The number of amides is 1. The highest BCUT2D eigenvalue weighted by molar-refractivity contribution is 5.88. The van der Waals surface area contributed by atoms with E-state index in [4.69, 9.17) is 4.63 Å². The first-order chi connectivity index (χ1) is 21.6. The second-order valence-electron chi connectivity index (χ2n) is 12.3. The number of nitrogens with zero attached hydrogens (tertiary/aromatic N) is 4. The Hall–Kier alpha value is -4.52. The van der Waals surface area contributed by atoms with Crippen LogP contribution >= 0.6 is 0 Å². The second-order valence-corrected chi connectivity index (χ2v) is 12.3. The number of alkyl halides is 3. The van der Waals surface area contributed by atoms with Crippen LogP contribution in [0.15, 0.2) is 52.0 Å². The number of carboxylic acid groups (broad SMARTS) is 1. The molecule has 2 atom stereocenters. The Morgan fingerprint density at radius 3 is 2.35 bits per heavy atom. The van der Waals surface area contributed by atoms with Crippen LogP contribution in [0.25, 0.3) is 22.2 Å². The van der Waals surface area contributed by atoms with E-state index in [9.17, 15) is 32.7 Å². The quantitative estimate of drug-likeness (QED) is 0.201. The van der Waals surface area contributed by atoms with Crippen molar-refractivity contribution in [1.82, 2.24) is 25.1 Å².